The summed E-state index contributed by atoms with van der Waals surface area (Å²) in [4.78, 5) is -0.378. The van der Waals surface area contributed by atoms with Crippen molar-refractivity contribution in [2.75, 3.05) is 11.2 Å². The molecule has 114 valence electrons. The second kappa shape index (κ2) is 7.22. The Balaban J connectivity index is 2.86. The molecule has 1 rings (SSSR count). The highest BCUT2D eigenvalue weighted by atomic mass is 35.5. The van der Waals surface area contributed by atoms with Crippen LogP contribution in [0.1, 0.15) is 20.3 Å². The van der Waals surface area contributed by atoms with E-state index in [1.165, 1.54) is 24.3 Å². The summed E-state index contributed by atoms with van der Waals surface area (Å²) < 4.78 is 47.4. The van der Waals surface area contributed by atoms with E-state index < -0.39 is 15.6 Å². The fourth-order valence-electron chi connectivity index (χ4n) is 1.75. The first-order chi connectivity index (χ1) is 9.28. The Labute approximate surface area is 123 Å². The van der Waals surface area contributed by atoms with Gasteiger partial charge in [0, 0.05) is 17.6 Å². The van der Waals surface area contributed by atoms with Gasteiger partial charge in [-0.05, 0) is 36.6 Å². The maximum atomic E-state index is 12.4. The zero-order valence-electron chi connectivity index (χ0n) is 11.3. The summed E-state index contributed by atoms with van der Waals surface area (Å²) in [5, 5.41) is 3.22. The number of halogens is 3. The van der Waals surface area contributed by atoms with Crippen molar-refractivity contribution in [2.45, 2.75) is 37.0 Å². The van der Waals surface area contributed by atoms with E-state index in [9.17, 15) is 17.2 Å². The summed E-state index contributed by atoms with van der Waals surface area (Å²) in [6, 6.07) is 5.48. The second-order valence-electron chi connectivity index (χ2n) is 4.80. The van der Waals surface area contributed by atoms with Gasteiger partial charge in [0.2, 0.25) is 9.84 Å². The number of sulfone groups is 1. The molecule has 3 nitrogen and oxygen atoms in total. The predicted molar refractivity (Wildman–Crippen MR) is 77.2 cm³/mol. The summed E-state index contributed by atoms with van der Waals surface area (Å²) in [5.41, 5.74) is 0.682. The molecule has 0 spiro atoms. The van der Waals surface area contributed by atoms with Crippen LogP contribution in [0.3, 0.4) is 0 Å². The minimum Gasteiger partial charge on any atom is -0.382 e. The molecule has 0 fully saturated rings. The van der Waals surface area contributed by atoms with E-state index in [-0.39, 0.29) is 10.9 Å². The molecule has 0 bridgehead atoms. The van der Waals surface area contributed by atoms with Gasteiger partial charge in [-0.1, -0.05) is 13.8 Å². The van der Waals surface area contributed by atoms with Crippen LogP contribution >= 0.6 is 11.6 Å². The van der Waals surface area contributed by atoms with E-state index in [0.717, 1.165) is 6.42 Å². The third-order valence-electron chi connectivity index (χ3n) is 2.99. The standard InChI is InChI=1S/C13H18ClF2NO2S/c1-9(2)12(7-8-14)17-10-3-5-11(6-4-10)20(18,19)13(15)16/h3-6,9,12-13,17H,7-8H2,1-2H3. The summed E-state index contributed by atoms with van der Waals surface area (Å²) in [7, 11) is -4.53. The quantitative estimate of drug-likeness (QED) is 0.777. The number of nitrogens with one attached hydrogen (secondary N) is 1. The molecule has 7 heteroatoms. The average molecular weight is 326 g/mol. The Bertz CT molecular complexity index is 518. The topological polar surface area (TPSA) is 46.2 Å². The lowest BCUT2D eigenvalue weighted by Crippen LogP contribution is -2.26. The normalized spacial score (nSPS) is 13.8. The van der Waals surface area contributed by atoms with Gasteiger partial charge in [0.1, 0.15) is 0 Å². The number of benzene rings is 1. The Morgan fingerprint density at radius 2 is 1.75 bits per heavy atom. The highest BCUT2D eigenvalue weighted by Gasteiger charge is 2.26. The van der Waals surface area contributed by atoms with E-state index in [0.29, 0.717) is 17.5 Å². The molecule has 1 aromatic rings. The summed E-state index contributed by atoms with van der Waals surface area (Å²) in [6.07, 6.45) is 0.760. The molecule has 0 saturated carbocycles. The van der Waals surface area contributed by atoms with Crippen LogP contribution in [-0.4, -0.2) is 26.1 Å². The maximum absolute atomic E-state index is 12.4. The number of anilines is 1. The molecular formula is C13H18ClF2NO2S. The molecule has 0 saturated heterocycles. The number of alkyl halides is 3. The van der Waals surface area contributed by atoms with Gasteiger partial charge in [-0.15, -0.1) is 11.6 Å². The smallest absolute Gasteiger partial charge is 0.341 e. The molecule has 0 heterocycles. The summed E-state index contributed by atoms with van der Waals surface area (Å²) in [6.45, 7) is 4.08. The van der Waals surface area contributed by atoms with Gasteiger partial charge in [0.15, 0.2) is 0 Å². The van der Waals surface area contributed by atoms with Crippen molar-refractivity contribution in [1.29, 1.82) is 0 Å². The van der Waals surface area contributed by atoms with Crippen molar-refractivity contribution >= 4 is 27.1 Å². The van der Waals surface area contributed by atoms with E-state index in [4.69, 9.17) is 11.6 Å². The SMILES string of the molecule is CC(C)C(CCCl)Nc1ccc(S(=O)(=O)C(F)F)cc1. The lowest BCUT2D eigenvalue weighted by Gasteiger charge is -2.22. The maximum Gasteiger partial charge on any atom is 0.341 e. The van der Waals surface area contributed by atoms with Crippen LogP contribution in [0.2, 0.25) is 0 Å². The fraction of sp³-hybridized carbons (Fsp3) is 0.538. The molecule has 0 aliphatic rings. The van der Waals surface area contributed by atoms with E-state index in [1.54, 1.807) is 0 Å². The van der Waals surface area contributed by atoms with Gasteiger partial charge < -0.3 is 5.32 Å². The van der Waals surface area contributed by atoms with Gasteiger partial charge in [0.25, 0.3) is 0 Å². The molecule has 0 aromatic heterocycles. The van der Waals surface area contributed by atoms with E-state index in [2.05, 4.69) is 5.32 Å². The minimum atomic E-state index is -4.53. The third-order valence-corrected chi connectivity index (χ3v) is 4.61. The average Bonchev–Trinajstić information content (AvgIpc) is 2.38. The van der Waals surface area contributed by atoms with E-state index >= 15 is 0 Å². The zero-order chi connectivity index (χ0) is 15.3. The van der Waals surface area contributed by atoms with Crippen LogP contribution in [0.4, 0.5) is 14.5 Å². The van der Waals surface area contributed by atoms with Crippen molar-refractivity contribution in [3.05, 3.63) is 24.3 Å². The van der Waals surface area contributed by atoms with E-state index in [1.807, 2.05) is 13.8 Å². The Hall–Kier alpha value is -0.880. The monoisotopic (exact) mass is 325 g/mol. The molecule has 0 radical (unpaired) electrons. The lowest BCUT2D eigenvalue weighted by atomic mass is 10.0. The number of rotatable bonds is 7. The zero-order valence-corrected chi connectivity index (χ0v) is 12.9. The van der Waals surface area contributed by atoms with Crippen LogP contribution in [0.5, 0.6) is 0 Å². The third kappa shape index (κ3) is 4.31. The first-order valence-corrected chi connectivity index (χ1v) is 8.31. The van der Waals surface area contributed by atoms with Crippen molar-refractivity contribution in [1.82, 2.24) is 0 Å². The number of hydrogen-bond donors (Lipinski definition) is 1. The van der Waals surface area contributed by atoms with Gasteiger partial charge in [-0.2, -0.15) is 8.78 Å². The van der Waals surface area contributed by atoms with Crippen molar-refractivity contribution in [3.8, 4) is 0 Å². The summed E-state index contributed by atoms with van der Waals surface area (Å²) in [5.74, 6) is -2.55. The number of hydrogen-bond acceptors (Lipinski definition) is 3. The molecular weight excluding hydrogens is 308 g/mol. The molecule has 20 heavy (non-hydrogen) atoms. The Morgan fingerprint density at radius 1 is 1.20 bits per heavy atom. The van der Waals surface area contributed by atoms with Crippen LogP contribution < -0.4 is 5.32 Å². The highest BCUT2D eigenvalue weighted by Crippen LogP contribution is 2.22. The molecule has 1 aromatic carbocycles. The Morgan fingerprint density at radius 3 is 2.15 bits per heavy atom. The van der Waals surface area contributed by atoms with Crippen molar-refractivity contribution in [2.24, 2.45) is 5.92 Å². The molecule has 0 aliphatic carbocycles. The van der Waals surface area contributed by atoms with Gasteiger partial charge in [0.05, 0.1) is 4.90 Å². The molecule has 0 amide bonds. The molecule has 1 atom stereocenters. The first-order valence-electron chi connectivity index (χ1n) is 6.23. The molecule has 0 aliphatic heterocycles. The fourth-order valence-corrected chi connectivity index (χ4v) is 2.70. The van der Waals surface area contributed by atoms with Gasteiger partial charge in [-0.25, -0.2) is 8.42 Å². The molecule has 1 N–H and O–H groups in total. The van der Waals surface area contributed by atoms with Crippen LogP contribution in [0.25, 0.3) is 0 Å². The van der Waals surface area contributed by atoms with Gasteiger partial charge in [-0.3, -0.25) is 0 Å². The van der Waals surface area contributed by atoms with Crippen LogP contribution in [-0.2, 0) is 9.84 Å². The van der Waals surface area contributed by atoms with Crippen molar-refractivity contribution in [3.63, 3.8) is 0 Å². The minimum absolute atomic E-state index is 0.144. The predicted octanol–water partition coefficient (Wildman–Crippen LogP) is 3.75. The summed E-state index contributed by atoms with van der Waals surface area (Å²) >= 11 is 5.72. The first kappa shape index (κ1) is 17.2. The largest absolute Gasteiger partial charge is 0.382 e. The van der Waals surface area contributed by atoms with Crippen LogP contribution in [0.15, 0.2) is 29.2 Å². The highest BCUT2D eigenvalue weighted by molar-refractivity contribution is 7.91. The Kier molecular flexibility index (Phi) is 6.20. The van der Waals surface area contributed by atoms with Crippen molar-refractivity contribution < 1.29 is 17.2 Å². The van der Waals surface area contributed by atoms with Gasteiger partial charge >= 0.3 is 5.76 Å². The lowest BCUT2D eigenvalue weighted by molar-refractivity contribution is 0.234. The molecule has 1 unspecified atom stereocenters. The second-order valence-corrected chi connectivity index (χ2v) is 7.10. The van der Waals surface area contributed by atoms with Crippen LogP contribution in [0, 0.1) is 5.92 Å².